The standard InChI is InChI=1S/C14H24N2O3/c1-13(2,3)19-12(17)16-6-11(10-4-5-10)15-14(7-16)8-18-9-14/h10-11,15H,4-9H2,1-3H3/t11-/m1/s1. The van der Waals surface area contributed by atoms with Crippen LogP contribution in [0.1, 0.15) is 33.6 Å². The predicted molar refractivity (Wildman–Crippen MR) is 71.0 cm³/mol. The third-order valence-electron chi connectivity index (χ3n) is 4.00. The summed E-state index contributed by atoms with van der Waals surface area (Å²) in [6, 6.07) is 0.408. The van der Waals surface area contributed by atoms with Crippen LogP contribution in [0.5, 0.6) is 0 Å². The number of carbonyl (C=O) groups excluding carboxylic acids is 1. The molecule has 1 atom stereocenters. The molecule has 1 amide bonds. The molecule has 2 aliphatic heterocycles. The second-order valence-corrected chi connectivity index (χ2v) is 7.22. The summed E-state index contributed by atoms with van der Waals surface area (Å²) >= 11 is 0. The Labute approximate surface area is 114 Å². The van der Waals surface area contributed by atoms with Crippen LogP contribution in [-0.4, -0.2) is 54.5 Å². The highest BCUT2D eigenvalue weighted by atomic mass is 16.6. The molecule has 3 aliphatic rings. The zero-order chi connectivity index (χ0) is 13.7. The molecular weight excluding hydrogens is 244 g/mol. The van der Waals surface area contributed by atoms with Crippen molar-refractivity contribution in [3.05, 3.63) is 0 Å². The summed E-state index contributed by atoms with van der Waals surface area (Å²) in [6.07, 6.45) is 2.36. The number of hydrogen-bond acceptors (Lipinski definition) is 4. The van der Waals surface area contributed by atoms with Gasteiger partial charge in [-0.1, -0.05) is 0 Å². The van der Waals surface area contributed by atoms with Gasteiger partial charge in [-0.25, -0.2) is 4.79 Å². The summed E-state index contributed by atoms with van der Waals surface area (Å²) in [5.41, 5.74) is -0.456. The summed E-state index contributed by atoms with van der Waals surface area (Å²) in [5, 5.41) is 3.70. The summed E-state index contributed by atoms with van der Waals surface area (Å²) in [7, 11) is 0. The minimum atomic E-state index is -0.430. The number of ether oxygens (including phenoxy) is 2. The highest BCUT2D eigenvalue weighted by Crippen LogP contribution is 2.37. The SMILES string of the molecule is CC(C)(C)OC(=O)N1C[C@H](C2CC2)NC2(COC2)C1. The molecule has 5 heteroatoms. The summed E-state index contributed by atoms with van der Waals surface area (Å²) in [5.74, 6) is 0.725. The van der Waals surface area contributed by atoms with Gasteiger partial charge in [-0.2, -0.15) is 0 Å². The molecule has 3 fully saturated rings. The first-order valence-corrected chi connectivity index (χ1v) is 7.20. The zero-order valence-corrected chi connectivity index (χ0v) is 12.1. The van der Waals surface area contributed by atoms with Crippen LogP contribution in [-0.2, 0) is 9.47 Å². The van der Waals surface area contributed by atoms with Crippen molar-refractivity contribution in [2.45, 2.75) is 50.8 Å². The van der Waals surface area contributed by atoms with Gasteiger partial charge in [0.15, 0.2) is 0 Å². The number of nitrogens with one attached hydrogen (secondary N) is 1. The molecule has 1 aliphatic carbocycles. The first kappa shape index (κ1) is 13.2. The molecule has 0 aromatic rings. The average molecular weight is 268 g/mol. The average Bonchev–Trinajstić information content (AvgIpc) is 3.07. The van der Waals surface area contributed by atoms with E-state index in [1.165, 1.54) is 12.8 Å². The lowest BCUT2D eigenvalue weighted by atomic mass is 9.91. The van der Waals surface area contributed by atoms with E-state index < -0.39 is 5.60 Å². The maximum absolute atomic E-state index is 12.3. The fraction of sp³-hybridized carbons (Fsp3) is 0.929. The molecule has 0 unspecified atom stereocenters. The highest BCUT2D eigenvalue weighted by Gasteiger charge is 2.50. The van der Waals surface area contributed by atoms with Gasteiger partial charge in [0.1, 0.15) is 5.60 Å². The van der Waals surface area contributed by atoms with Crippen LogP contribution in [0.3, 0.4) is 0 Å². The number of hydrogen-bond donors (Lipinski definition) is 1. The highest BCUT2D eigenvalue weighted by molar-refractivity contribution is 5.68. The Kier molecular flexibility index (Phi) is 3.02. The molecule has 0 aromatic carbocycles. The Morgan fingerprint density at radius 3 is 2.53 bits per heavy atom. The number of amides is 1. The lowest BCUT2D eigenvalue weighted by Gasteiger charge is -2.51. The van der Waals surface area contributed by atoms with Crippen LogP contribution >= 0.6 is 0 Å². The van der Waals surface area contributed by atoms with Gasteiger partial charge in [0.05, 0.1) is 18.8 Å². The fourth-order valence-corrected chi connectivity index (χ4v) is 2.91. The smallest absolute Gasteiger partial charge is 0.410 e. The lowest BCUT2D eigenvalue weighted by Crippen LogP contribution is -2.74. The minimum Gasteiger partial charge on any atom is -0.444 e. The maximum atomic E-state index is 12.3. The number of rotatable bonds is 1. The van der Waals surface area contributed by atoms with Gasteiger partial charge in [0.2, 0.25) is 0 Å². The van der Waals surface area contributed by atoms with Gasteiger partial charge in [0, 0.05) is 19.1 Å². The van der Waals surface area contributed by atoms with E-state index >= 15 is 0 Å². The van der Waals surface area contributed by atoms with Crippen LogP contribution in [0.25, 0.3) is 0 Å². The Bertz CT molecular complexity index is 369. The molecule has 0 bridgehead atoms. The van der Waals surface area contributed by atoms with Crippen molar-refractivity contribution in [3.63, 3.8) is 0 Å². The largest absolute Gasteiger partial charge is 0.444 e. The van der Waals surface area contributed by atoms with E-state index in [-0.39, 0.29) is 11.6 Å². The Morgan fingerprint density at radius 2 is 2.05 bits per heavy atom. The van der Waals surface area contributed by atoms with Crippen molar-refractivity contribution < 1.29 is 14.3 Å². The molecule has 2 saturated heterocycles. The number of carbonyl (C=O) groups is 1. The third-order valence-corrected chi connectivity index (χ3v) is 4.00. The number of nitrogens with zero attached hydrogens (tertiary/aromatic N) is 1. The van der Waals surface area contributed by atoms with E-state index in [1.54, 1.807) is 0 Å². The Morgan fingerprint density at radius 1 is 1.37 bits per heavy atom. The normalized spacial score (nSPS) is 30.1. The minimum absolute atomic E-state index is 0.0254. The van der Waals surface area contributed by atoms with Crippen molar-refractivity contribution in [2.75, 3.05) is 26.3 Å². The van der Waals surface area contributed by atoms with Crippen LogP contribution < -0.4 is 5.32 Å². The predicted octanol–water partition coefficient (Wildman–Crippen LogP) is 1.37. The van der Waals surface area contributed by atoms with Crippen LogP contribution in [0.4, 0.5) is 4.79 Å². The Balaban J connectivity index is 1.67. The van der Waals surface area contributed by atoms with Crippen LogP contribution in [0.15, 0.2) is 0 Å². The van der Waals surface area contributed by atoms with Gasteiger partial charge in [-0.15, -0.1) is 0 Å². The fourth-order valence-electron chi connectivity index (χ4n) is 2.91. The maximum Gasteiger partial charge on any atom is 0.410 e. The third kappa shape index (κ3) is 2.87. The van der Waals surface area contributed by atoms with Crippen LogP contribution in [0.2, 0.25) is 0 Å². The summed E-state index contributed by atoms with van der Waals surface area (Å²) in [4.78, 5) is 14.1. The van der Waals surface area contributed by atoms with Gasteiger partial charge in [-0.3, -0.25) is 0 Å². The molecule has 1 N–H and O–H groups in total. The molecule has 19 heavy (non-hydrogen) atoms. The summed E-state index contributed by atoms with van der Waals surface area (Å²) in [6.45, 7) is 8.60. The van der Waals surface area contributed by atoms with Crippen molar-refractivity contribution >= 4 is 6.09 Å². The van der Waals surface area contributed by atoms with E-state index in [9.17, 15) is 4.79 Å². The first-order chi connectivity index (χ1) is 8.87. The molecular formula is C14H24N2O3. The van der Waals surface area contributed by atoms with Crippen molar-refractivity contribution in [1.29, 1.82) is 0 Å². The van der Waals surface area contributed by atoms with E-state index in [0.717, 1.165) is 12.5 Å². The molecule has 0 radical (unpaired) electrons. The number of piperazine rings is 1. The monoisotopic (exact) mass is 268 g/mol. The van der Waals surface area contributed by atoms with Crippen LogP contribution in [0, 0.1) is 5.92 Å². The molecule has 5 nitrogen and oxygen atoms in total. The molecule has 3 rings (SSSR count). The molecule has 1 spiro atoms. The second-order valence-electron chi connectivity index (χ2n) is 7.22. The second kappa shape index (κ2) is 4.35. The van der Waals surface area contributed by atoms with Crippen molar-refractivity contribution in [3.8, 4) is 0 Å². The topological polar surface area (TPSA) is 50.8 Å². The lowest BCUT2D eigenvalue weighted by molar-refractivity contribution is -0.111. The summed E-state index contributed by atoms with van der Waals surface area (Å²) < 4.78 is 10.9. The van der Waals surface area contributed by atoms with Crippen molar-refractivity contribution in [1.82, 2.24) is 10.2 Å². The van der Waals surface area contributed by atoms with E-state index in [1.807, 2.05) is 25.7 Å². The molecule has 2 heterocycles. The van der Waals surface area contributed by atoms with Gasteiger partial charge in [-0.05, 0) is 39.5 Å². The quantitative estimate of drug-likeness (QED) is 0.780. The van der Waals surface area contributed by atoms with E-state index in [0.29, 0.717) is 25.8 Å². The first-order valence-electron chi connectivity index (χ1n) is 7.20. The zero-order valence-electron chi connectivity index (χ0n) is 12.1. The van der Waals surface area contributed by atoms with E-state index in [4.69, 9.17) is 9.47 Å². The molecule has 0 aromatic heterocycles. The van der Waals surface area contributed by atoms with Gasteiger partial charge < -0.3 is 19.7 Å². The van der Waals surface area contributed by atoms with Crippen molar-refractivity contribution in [2.24, 2.45) is 5.92 Å². The molecule has 1 saturated carbocycles. The van der Waals surface area contributed by atoms with Gasteiger partial charge >= 0.3 is 6.09 Å². The molecule has 108 valence electrons. The van der Waals surface area contributed by atoms with E-state index in [2.05, 4.69) is 5.32 Å². The van der Waals surface area contributed by atoms with Gasteiger partial charge in [0.25, 0.3) is 0 Å². The Hall–Kier alpha value is -0.810.